The summed E-state index contributed by atoms with van der Waals surface area (Å²) in [5, 5.41) is 0.643. The van der Waals surface area contributed by atoms with Gasteiger partial charge in [-0.3, -0.25) is 4.98 Å². The van der Waals surface area contributed by atoms with E-state index in [1.54, 1.807) is 12.3 Å². The molecule has 0 spiro atoms. The average Bonchev–Trinajstić information content (AvgIpc) is 3.04. The van der Waals surface area contributed by atoms with E-state index in [0.29, 0.717) is 10.9 Å². The third kappa shape index (κ3) is 2.17. The van der Waals surface area contributed by atoms with Crippen LogP contribution in [0.1, 0.15) is 4.88 Å². The molecule has 7 heteroatoms. The van der Waals surface area contributed by atoms with E-state index in [1.165, 1.54) is 18.4 Å². The first-order chi connectivity index (χ1) is 9.19. The maximum Gasteiger partial charge on any atom is 0.334 e. The highest BCUT2D eigenvalue weighted by molar-refractivity contribution is 7.21. The molecular weight excluding hydrogens is 288 g/mol. The Hall–Kier alpha value is -1.66. The number of halogens is 1. The van der Waals surface area contributed by atoms with E-state index in [9.17, 15) is 4.79 Å². The number of ether oxygens (including phenoxy) is 2. The molecule has 0 amide bonds. The molecule has 0 aromatic carbocycles. The van der Waals surface area contributed by atoms with Gasteiger partial charge in [-0.05, 0) is 12.1 Å². The Kier molecular flexibility index (Phi) is 3.12. The maximum atomic E-state index is 11.4. The van der Waals surface area contributed by atoms with Gasteiger partial charge in [-0.2, -0.15) is 0 Å². The zero-order valence-electron chi connectivity index (χ0n) is 9.92. The Morgan fingerprint density at radius 2 is 2.47 bits per heavy atom. The van der Waals surface area contributed by atoms with Crippen molar-refractivity contribution in [1.82, 2.24) is 4.98 Å². The van der Waals surface area contributed by atoms with Crippen LogP contribution in [0, 0.1) is 0 Å². The van der Waals surface area contributed by atoms with Gasteiger partial charge in [0.1, 0.15) is 6.61 Å². The van der Waals surface area contributed by atoms with Crippen molar-refractivity contribution in [3.63, 3.8) is 0 Å². The first kappa shape index (κ1) is 12.4. The van der Waals surface area contributed by atoms with Crippen LogP contribution in [0.4, 0.5) is 0 Å². The molecule has 0 N–H and O–H groups in total. The fraction of sp³-hybridized carbons (Fsp3) is 0.250. The number of hydrogen-bond donors (Lipinski definition) is 0. The molecule has 0 aliphatic carbocycles. The third-order valence-corrected chi connectivity index (χ3v) is 4.27. The molecule has 1 aliphatic heterocycles. The lowest BCUT2D eigenvalue weighted by molar-refractivity contribution is -0.142. The van der Waals surface area contributed by atoms with Crippen molar-refractivity contribution >= 4 is 45.0 Å². The van der Waals surface area contributed by atoms with Gasteiger partial charge >= 0.3 is 5.97 Å². The van der Waals surface area contributed by atoms with E-state index < -0.39 is 12.0 Å². The minimum atomic E-state index is -0.589. The van der Waals surface area contributed by atoms with Crippen molar-refractivity contribution in [2.75, 3.05) is 13.7 Å². The number of hydrogen-bond acceptors (Lipinski definition) is 6. The molecule has 3 rings (SSSR count). The van der Waals surface area contributed by atoms with Gasteiger partial charge < -0.3 is 9.47 Å². The monoisotopic (exact) mass is 296 g/mol. The second-order valence-corrected chi connectivity index (χ2v) is 5.36. The minimum absolute atomic E-state index is 0.206. The average molecular weight is 297 g/mol. The van der Waals surface area contributed by atoms with Gasteiger partial charge in [-0.15, -0.1) is 11.3 Å². The normalized spacial score (nSPS) is 18.2. The van der Waals surface area contributed by atoms with Crippen LogP contribution in [0.5, 0.6) is 0 Å². The number of fused-ring (bicyclic) bond motifs is 1. The van der Waals surface area contributed by atoms with Crippen LogP contribution in [0.15, 0.2) is 23.3 Å². The highest BCUT2D eigenvalue weighted by Crippen LogP contribution is 2.31. The summed E-state index contributed by atoms with van der Waals surface area (Å²) in [6.45, 7) is 0.206. The molecule has 19 heavy (non-hydrogen) atoms. The van der Waals surface area contributed by atoms with Crippen LogP contribution in [-0.4, -0.2) is 36.6 Å². The van der Waals surface area contributed by atoms with Gasteiger partial charge in [0.15, 0.2) is 6.04 Å². The van der Waals surface area contributed by atoms with E-state index in [2.05, 4.69) is 14.7 Å². The van der Waals surface area contributed by atoms with Crippen LogP contribution in [-0.2, 0) is 14.3 Å². The van der Waals surface area contributed by atoms with Crippen LogP contribution >= 0.6 is 22.9 Å². The number of aromatic nitrogens is 1. The second-order valence-electron chi connectivity index (χ2n) is 3.90. The standard InChI is InChI=1S/C12H9ClN2O3S/c1-17-12(16)8-5-18-11(15-8)9-4-7-10(19-9)6(13)2-3-14-7/h2-4,8H,5H2,1H3. The van der Waals surface area contributed by atoms with E-state index >= 15 is 0 Å². The number of methoxy groups -OCH3 is 1. The summed E-state index contributed by atoms with van der Waals surface area (Å²) in [6, 6.07) is 3.00. The number of nitrogens with zero attached hydrogens (tertiary/aromatic N) is 2. The Balaban J connectivity index is 1.97. The van der Waals surface area contributed by atoms with E-state index in [0.717, 1.165) is 15.1 Å². The molecule has 3 heterocycles. The summed E-state index contributed by atoms with van der Waals surface area (Å²) in [6.07, 6.45) is 1.65. The molecular formula is C12H9ClN2O3S. The molecule has 1 atom stereocenters. The highest BCUT2D eigenvalue weighted by Gasteiger charge is 2.28. The summed E-state index contributed by atoms with van der Waals surface area (Å²) in [7, 11) is 1.33. The summed E-state index contributed by atoms with van der Waals surface area (Å²) in [5.41, 5.74) is 0.792. The van der Waals surface area contributed by atoms with Crippen molar-refractivity contribution in [3.8, 4) is 0 Å². The molecule has 0 saturated heterocycles. The summed E-state index contributed by atoms with van der Waals surface area (Å²) in [5.74, 6) is 0.0433. The number of thiophene rings is 1. The predicted molar refractivity (Wildman–Crippen MR) is 72.9 cm³/mol. The molecule has 5 nitrogen and oxygen atoms in total. The molecule has 2 aromatic heterocycles. The fourth-order valence-corrected chi connectivity index (χ4v) is 3.02. The molecule has 98 valence electrons. The van der Waals surface area contributed by atoms with E-state index in [4.69, 9.17) is 16.3 Å². The van der Waals surface area contributed by atoms with Gasteiger partial charge in [0.2, 0.25) is 5.90 Å². The molecule has 1 unspecified atom stereocenters. The smallest absolute Gasteiger partial charge is 0.334 e. The number of esters is 1. The van der Waals surface area contributed by atoms with Gasteiger partial charge in [-0.25, -0.2) is 9.79 Å². The van der Waals surface area contributed by atoms with Gasteiger partial charge in [0.05, 0.1) is 27.2 Å². The Bertz CT molecular complexity index is 683. The maximum absolute atomic E-state index is 11.4. The van der Waals surface area contributed by atoms with E-state index in [1.807, 2.05) is 6.07 Å². The lowest BCUT2D eigenvalue weighted by atomic mass is 10.3. The third-order valence-electron chi connectivity index (χ3n) is 2.70. The quantitative estimate of drug-likeness (QED) is 0.798. The van der Waals surface area contributed by atoms with Crippen molar-refractivity contribution in [2.24, 2.45) is 4.99 Å². The van der Waals surface area contributed by atoms with Crippen molar-refractivity contribution < 1.29 is 14.3 Å². The van der Waals surface area contributed by atoms with Crippen LogP contribution in [0.25, 0.3) is 10.2 Å². The SMILES string of the molecule is COC(=O)C1COC(c2cc3nccc(Cl)c3s2)=N1. The van der Waals surface area contributed by atoms with Crippen LogP contribution in [0.2, 0.25) is 5.02 Å². The zero-order chi connectivity index (χ0) is 13.4. The Labute approximate surface area is 117 Å². The first-order valence-electron chi connectivity index (χ1n) is 5.52. The van der Waals surface area contributed by atoms with Crippen LogP contribution < -0.4 is 0 Å². The molecule has 0 radical (unpaired) electrons. The second kappa shape index (κ2) is 4.79. The number of pyridine rings is 1. The molecule has 2 aromatic rings. The summed E-state index contributed by atoms with van der Waals surface area (Å²) < 4.78 is 11.0. The minimum Gasteiger partial charge on any atom is -0.474 e. The lowest BCUT2D eigenvalue weighted by Crippen LogP contribution is -2.21. The largest absolute Gasteiger partial charge is 0.474 e. The number of aliphatic imine (C=N–C) groups is 1. The van der Waals surface area contributed by atoms with Gasteiger partial charge in [-0.1, -0.05) is 11.6 Å². The summed E-state index contributed by atoms with van der Waals surface area (Å²) in [4.78, 5) is 20.6. The number of carbonyl (C=O) groups is 1. The number of rotatable bonds is 2. The Morgan fingerprint density at radius 3 is 3.21 bits per heavy atom. The number of carbonyl (C=O) groups excluding carboxylic acids is 1. The van der Waals surface area contributed by atoms with Crippen molar-refractivity contribution in [2.45, 2.75) is 6.04 Å². The van der Waals surface area contributed by atoms with Crippen molar-refractivity contribution in [1.29, 1.82) is 0 Å². The highest BCUT2D eigenvalue weighted by atomic mass is 35.5. The molecule has 0 fully saturated rings. The topological polar surface area (TPSA) is 60.8 Å². The zero-order valence-corrected chi connectivity index (χ0v) is 11.5. The van der Waals surface area contributed by atoms with Crippen molar-refractivity contribution in [3.05, 3.63) is 28.2 Å². The molecule has 0 saturated carbocycles. The molecule has 0 bridgehead atoms. The van der Waals surface area contributed by atoms with Gasteiger partial charge in [0, 0.05) is 6.20 Å². The van der Waals surface area contributed by atoms with Gasteiger partial charge in [0.25, 0.3) is 0 Å². The fourth-order valence-electron chi connectivity index (χ4n) is 1.78. The predicted octanol–water partition coefficient (Wildman–Crippen LogP) is 2.27. The summed E-state index contributed by atoms with van der Waals surface area (Å²) >= 11 is 7.53. The van der Waals surface area contributed by atoms with Crippen LogP contribution in [0.3, 0.4) is 0 Å². The molecule has 1 aliphatic rings. The van der Waals surface area contributed by atoms with E-state index in [-0.39, 0.29) is 6.61 Å². The lowest BCUT2D eigenvalue weighted by Gasteiger charge is -2.00. The Morgan fingerprint density at radius 1 is 1.63 bits per heavy atom. The first-order valence-corrected chi connectivity index (χ1v) is 6.71.